The molecule has 132 valence electrons. The van der Waals surface area contributed by atoms with Gasteiger partial charge in [-0.2, -0.15) is 0 Å². The van der Waals surface area contributed by atoms with E-state index in [-0.39, 0.29) is 5.76 Å². The lowest BCUT2D eigenvalue weighted by atomic mass is 10.1. The third-order valence-corrected chi connectivity index (χ3v) is 5.22. The summed E-state index contributed by atoms with van der Waals surface area (Å²) in [5.41, 5.74) is 4.92. The van der Waals surface area contributed by atoms with Gasteiger partial charge in [0, 0.05) is 5.69 Å². The standard InChI is InChI=1S/C21H22N4O/c1-4-14-9-11-15(12-10-14)25-13-18(26)19(20(25)22)21-23(2)16-7-5-6-8-17(16)24(21)3/h5-12,22H,4,13H2,1-3H3/p+1. The normalized spacial score (nSPS) is 14.7. The number of aliphatic hydroxyl groups is 1. The molecule has 0 bridgehead atoms. The number of hydrogen-bond acceptors (Lipinski definition) is 2. The molecule has 2 heterocycles. The van der Waals surface area contributed by atoms with Crippen molar-refractivity contribution in [3.05, 3.63) is 65.7 Å². The molecule has 0 spiro atoms. The molecular weight excluding hydrogens is 324 g/mol. The zero-order chi connectivity index (χ0) is 18.4. The summed E-state index contributed by atoms with van der Waals surface area (Å²) in [5, 5.41) is 19.4. The molecule has 26 heavy (non-hydrogen) atoms. The van der Waals surface area contributed by atoms with E-state index in [9.17, 15) is 5.11 Å². The first-order chi connectivity index (χ1) is 12.5. The van der Waals surface area contributed by atoms with Crippen molar-refractivity contribution in [2.24, 2.45) is 14.1 Å². The molecule has 0 atom stereocenters. The molecule has 3 aromatic rings. The van der Waals surface area contributed by atoms with Crippen LogP contribution in [0.1, 0.15) is 18.3 Å². The number of amidine groups is 1. The monoisotopic (exact) mass is 347 g/mol. The zero-order valence-electron chi connectivity index (χ0n) is 15.3. The third-order valence-electron chi connectivity index (χ3n) is 5.22. The summed E-state index contributed by atoms with van der Waals surface area (Å²) in [7, 11) is 3.95. The molecule has 5 nitrogen and oxygen atoms in total. The van der Waals surface area contributed by atoms with Crippen molar-refractivity contribution in [3.8, 4) is 0 Å². The van der Waals surface area contributed by atoms with Crippen molar-refractivity contribution in [1.29, 1.82) is 5.41 Å². The lowest BCUT2D eigenvalue weighted by Crippen LogP contribution is -2.35. The number of benzene rings is 2. The first kappa shape index (κ1) is 16.4. The van der Waals surface area contributed by atoms with Gasteiger partial charge in [0.25, 0.3) is 5.82 Å². The molecule has 0 radical (unpaired) electrons. The molecule has 1 aliphatic rings. The van der Waals surface area contributed by atoms with Gasteiger partial charge in [-0.1, -0.05) is 31.2 Å². The predicted molar refractivity (Wildman–Crippen MR) is 105 cm³/mol. The molecule has 0 unspecified atom stereocenters. The number of hydrogen-bond donors (Lipinski definition) is 2. The van der Waals surface area contributed by atoms with Gasteiger partial charge in [0.1, 0.15) is 17.2 Å². The summed E-state index contributed by atoms with van der Waals surface area (Å²) in [4.78, 5) is 1.85. The fourth-order valence-electron chi connectivity index (χ4n) is 3.77. The zero-order valence-corrected chi connectivity index (χ0v) is 15.3. The first-order valence-electron chi connectivity index (χ1n) is 8.84. The summed E-state index contributed by atoms with van der Waals surface area (Å²) in [6.45, 7) is 2.44. The van der Waals surface area contributed by atoms with Gasteiger partial charge in [0.15, 0.2) is 11.0 Å². The molecule has 5 heteroatoms. The van der Waals surface area contributed by atoms with E-state index in [0.717, 1.165) is 29.0 Å². The van der Waals surface area contributed by atoms with E-state index >= 15 is 0 Å². The Kier molecular flexibility index (Phi) is 3.80. The van der Waals surface area contributed by atoms with Crippen molar-refractivity contribution >= 4 is 28.1 Å². The maximum absolute atomic E-state index is 10.7. The Morgan fingerprint density at radius 1 is 1.12 bits per heavy atom. The summed E-state index contributed by atoms with van der Waals surface area (Å²) in [6, 6.07) is 16.3. The van der Waals surface area contributed by atoms with Crippen molar-refractivity contribution in [3.63, 3.8) is 0 Å². The molecule has 0 fully saturated rings. The Balaban J connectivity index is 1.78. The lowest BCUT2D eigenvalue weighted by molar-refractivity contribution is -0.648. The number of fused-ring (bicyclic) bond motifs is 1. The van der Waals surface area contributed by atoms with Gasteiger partial charge in [-0.05, 0) is 36.2 Å². The lowest BCUT2D eigenvalue weighted by Gasteiger charge is -2.18. The predicted octanol–water partition coefficient (Wildman–Crippen LogP) is 3.33. The fraction of sp³-hybridized carbons (Fsp3) is 0.238. The molecule has 4 rings (SSSR count). The molecule has 0 aliphatic carbocycles. The average Bonchev–Trinajstić information content (AvgIpc) is 3.09. The quantitative estimate of drug-likeness (QED) is 0.714. The van der Waals surface area contributed by atoms with Crippen molar-refractivity contribution in [1.82, 2.24) is 4.57 Å². The number of aliphatic hydroxyl groups excluding tert-OH is 1. The number of nitrogens with zero attached hydrogens (tertiary/aromatic N) is 3. The van der Waals surface area contributed by atoms with Crippen molar-refractivity contribution < 1.29 is 9.67 Å². The van der Waals surface area contributed by atoms with Crippen LogP contribution in [0, 0.1) is 5.41 Å². The maximum Gasteiger partial charge on any atom is 0.296 e. The van der Waals surface area contributed by atoms with Crippen LogP contribution in [0.4, 0.5) is 5.69 Å². The second-order valence-electron chi connectivity index (χ2n) is 6.71. The van der Waals surface area contributed by atoms with Gasteiger partial charge < -0.3 is 10.0 Å². The van der Waals surface area contributed by atoms with Crippen molar-refractivity contribution in [2.75, 3.05) is 11.4 Å². The highest BCUT2D eigenvalue weighted by Crippen LogP contribution is 2.31. The second kappa shape index (κ2) is 6.02. The SMILES string of the molecule is CCc1ccc(N2CC(O)=C(c3n(C)c4ccccc4[n+]3C)C2=N)cc1. The molecule has 1 aromatic heterocycles. The van der Waals surface area contributed by atoms with E-state index in [1.54, 1.807) is 0 Å². The van der Waals surface area contributed by atoms with Crippen LogP contribution < -0.4 is 9.47 Å². The minimum absolute atomic E-state index is 0.232. The van der Waals surface area contributed by atoms with Gasteiger partial charge in [-0.15, -0.1) is 0 Å². The molecule has 2 aromatic carbocycles. The van der Waals surface area contributed by atoms with E-state index < -0.39 is 0 Å². The first-order valence-corrected chi connectivity index (χ1v) is 8.84. The smallest absolute Gasteiger partial charge is 0.296 e. The number of anilines is 1. The molecule has 1 aliphatic heterocycles. The molecule has 2 N–H and O–H groups in total. The van der Waals surface area contributed by atoms with Crippen LogP contribution in [-0.2, 0) is 20.5 Å². The van der Waals surface area contributed by atoms with E-state index in [1.807, 2.05) is 52.4 Å². The fourth-order valence-corrected chi connectivity index (χ4v) is 3.77. The number of aryl methyl sites for hydroxylation is 3. The topological polar surface area (TPSA) is 56.1 Å². The van der Waals surface area contributed by atoms with Crippen LogP contribution >= 0.6 is 0 Å². The molecule has 0 amide bonds. The Morgan fingerprint density at radius 3 is 2.46 bits per heavy atom. The van der Waals surface area contributed by atoms with Gasteiger partial charge in [-0.25, -0.2) is 9.13 Å². The maximum atomic E-state index is 10.7. The number of aromatic nitrogens is 2. The van der Waals surface area contributed by atoms with Crippen LogP contribution in [0.25, 0.3) is 16.6 Å². The van der Waals surface area contributed by atoms with Gasteiger partial charge in [0.2, 0.25) is 0 Å². The van der Waals surface area contributed by atoms with Gasteiger partial charge in [-0.3, -0.25) is 5.41 Å². The Bertz CT molecular complexity index is 1000. The third kappa shape index (κ3) is 2.31. The van der Waals surface area contributed by atoms with Crippen LogP contribution in [-0.4, -0.2) is 22.1 Å². The van der Waals surface area contributed by atoms with Crippen LogP contribution in [0.5, 0.6) is 0 Å². The minimum atomic E-state index is 0.232. The largest absolute Gasteiger partial charge is 0.509 e. The van der Waals surface area contributed by atoms with Crippen LogP contribution in [0.3, 0.4) is 0 Å². The summed E-state index contributed by atoms with van der Waals surface area (Å²) in [6.07, 6.45) is 0.984. The minimum Gasteiger partial charge on any atom is -0.509 e. The van der Waals surface area contributed by atoms with E-state index in [0.29, 0.717) is 18.0 Å². The number of imidazole rings is 1. The van der Waals surface area contributed by atoms with Crippen LogP contribution in [0.15, 0.2) is 54.3 Å². The van der Waals surface area contributed by atoms with Gasteiger partial charge in [0.05, 0.1) is 20.6 Å². The van der Waals surface area contributed by atoms with E-state index in [2.05, 4.69) is 31.2 Å². The number of nitrogens with one attached hydrogen (secondary N) is 1. The van der Waals surface area contributed by atoms with Crippen LogP contribution in [0.2, 0.25) is 0 Å². The molecular formula is C21H23N4O+. The number of para-hydroxylation sites is 2. The second-order valence-corrected chi connectivity index (χ2v) is 6.71. The average molecular weight is 347 g/mol. The number of rotatable bonds is 3. The Labute approximate surface area is 152 Å². The highest BCUT2D eigenvalue weighted by molar-refractivity contribution is 6.30. The molecule has 0 saturated carbocycles. The highest BCUT2D eigenvalue weighted by atomic mass is 16.3. The molecule has 0 saturated heterocycles. The Morgan fingerprint density at radius 2 is 1.81 bits per heavy atom. The van der Waals surface area contributed by atoms with Crippen molar-refractivity contribution in [2.45, 2.75) is 13.3 Å². The van der Waals surface area contributed by atoms with E-state index in [1.165, 1.54) is 5.56 Å². The van der Waals surface area contributed by atoms with E-state index in [4.69, 9.17) is 5.41 Å². The summed E-state index contributed by atoms with van der Waals surface area (Å²) >= 11 is 0. The summed E-state index contributed by atoms with van der Waals surface area (Å²) in [5.74, 6) is 1.39. The Hall–Kier alpha value is -3.08. The highest BCUT2D eigenvalue weighted by Gasteiger charge is 2.37. The van der Waals surface area contributed by atoms with Gasteiger partial charge >= 0.3 is 0 Å². The summed E-state index contributed by atoms with van der Waals surface area (Å²) < 4.78 is 4.08.